The second-order valence-corrected chi connectivity index (χ2v) is 4.18. The fourth-order valence-corrected chi connectivity index (χ4v) is 2.15. The molecule has 2 aliphatic heterocycles. The van der Waals surface area contributed by atoms with Crippen molar-refractivity contribution in [1.29, 1.82) is 0 Å². The van der Waals surface area contributed by atoms with E-state index in [-0.39, 0.29) is 34.0 Å². The van der Waals surface area contributed by atoms with Gasteiger partial charge in [0.1, 0.15) is 0 Å². The molecule has 0 spiro atoms. The average Bonchev–Trinajstić information content (AvgIpc) is 2.34. The third-order valence-electron chi connectivity index (χ3n) is 3.15. The van der Waals surface area contributed by atoms with E-state index in [0.717, 1.165) is 26.2 Å². The van der Waals surface area contributed by atoms with Crippen LogP contribution in [0, 0.1) is 0 Å². The van der Waals surface area contributed by atoms with Crippen LogP contribution in [0.1, 0.15) is 0 Å². The zero-order valence-corrected chi connectivity index (χ0v) is 13.2. The van der Waals surface area contributed by atoms with E-state index >= 15 is 0 Å². The molecule has 2 saturated heterocycles. The normalized spacial score (nSPS) is 31.5. The van der Waals surface area contributed by atoms with E-state index in [4.69, 9.17) is 0 Å². The molecule has 98 valence electrons. The van der Waals surface area contributed by atoms with Crippen molar-refractivity contribution < 1.29 is 0 Å². The first-order valence-corrected chi connectivity index (χ1v) is 5.81. The van der Waals surface area contributed by atoms with Crippen molar-refractivity contribution in [2.45, 2.75) is 0 Å². The highest BCUT2D eigenvalue weighted by atomic mass is 79.9. The monoisotopic (exact) mass is 358 g/mol. The Bertz CT molecular complexity index is 141. The van der Waals surface area contributed by atoms with Crippen molar-refractivity contribution >= 4 is 34.0 Å². The van der Waals surface area contributed by atoms with Gasteiger partial charge >= 0.3 is 0 Å². The van der Waals surface area contributed by atoms with Gasteiger partial charge in [0.15, 0.2) is 0 Å². The van der Waals surface area contributed by atoms with Gasteiger partial charge in [0.2, 0.25) is 0 Å². The molecule has 0 amide bonds. The van der Waals surface area contributed by atoms with Crippen LogP contribution in [-0.4, -0.2) is 75.2 Å². The number of halogens is 2. The molecule has 2 bridgehead atoms. The third kappa shape index (κ3) is 5.93. The van der Waals surface area contributed by atoms with Crippen molar-refractivity contribution in [3.05, 3.63) is 0 Å². The molecule has 0 aromatic carbocycles. The molecule has 0 aliphatic carbocycles. The van der Waals surface area contributed by atoms with Crippen LogP contribution in [0.3, 0.4) is 0 Å². The minimum atomic E-state index is 0. The summed E-state index contributed by atoms with van der Waals surface area (Å²) in [6.45, 7) is 11.9. The summed E-state index contributed by atoms with van der Waals surface area (Å²) in [5, 5.41) is 7.00. The Morgan fingerprint density at radius 3 is 1.12 bits per heavy atom. The SMILES string of the molecule is Br.Br.C1CN2CCNCCN(CCN1)CC2. The summed E-state index contributed by atoms with van der Waals surface area (Å²) in [6.07, 6.45) is 0. The molecule has 0 unspecified atom stereocenters. The summed E-state index contributed by atoms with van der Waals surface area (Å²) >= 11 is 0. The Hall–Kier alpha value is 0.800. The minimum Gasteiger partial charge on any atom is -0.314 e. The van der Waals surface area contributed by atoms with E-state index in [1.54, 1.807) is 0 Å². The molecule has 0 saturated carbocycles. The van der Waals surface area contributed by atoms with Gasteiger partial charge in [0.25, 0.3) is 0 Å². The zero-order valence-electron chi connectivity index (χ0n) is 9.78. The first kappa shape index (κ1) is 16.8. The summed E-state index contributed by atoms with van der Waals surface area (Å²) in [6, 6.07) is 0. The van der Waals surface area contributed by atoms with Crippen LogP contribution < -0.4 is 10.6 Å². The second-order valence-electron chi connectivity index (χ2n) is 4.18. The van der Waals surface area contributed by atoms with E-state index in [1.165, 1.54) is 39.3 Å². The molecule has 0 aromatic rings. The zero-order chi connectivity index (χ0) is 9.64. The van der Waals surface area contributed by atoms with Crippen LogP contribution in [-0.2, 0) is 0 Å². The van der Waals surface area contributed by atoms with Gasteiger partial charge in [-0.2, -0.15) is 0 Å². The quantitative estimate of drug-likeness (QED) is 0.635. The maximum Gasteiger partial charge on any atom is 0.0110 e. The summed E-state index contributed by atoms with van der Waals surface area (Å²) in [5.41, 5.74) is 0. The summed E-state index contributed by atoms with van der Waals surface area (Å²) in [4.78, 5) is 5.12. The number of fused-ring (bicyclic) bond motifs is 3. The van der Waals surface area contributed by atoms with Crippen molar-refractivity contribution in [2.24, 2.45) is 0 Å². The molecular formula is C10H24Br2N4. The maximum absolute atomic E-state index is 3.50. The molecule has 2 fully saturated rings. The Labute approximate surface area is 120 Å². The van der Waals surface area contributed by atoms with E-state index in [2.05, 4.69) is 20.4 Å². The second kappa shape index (κ2) is 9.79. The molecule has 2 heterocycles. The van der Waals surface area contributed by atoms with Gasteiger partial charge in [-0.05, 0) is 0 Å². The van der Waals surface area contributed by atoms with Gasteiger partial charge in [0.05, 0.1) is 0 Å². The number of nitrogens with zero attached hydrogens (tertiary/aromatic N) is 2. The fourth-order valence-electron chi connectivity index (χ4n) is 2.15. The van der Waals surface area contributed by atoms with E-state index < -0.39 is 0 Å². The Kier molecular flexibility index (Phi) is 10.3. The van der Waals surface area contributed by atoms with Crippen LogP contribution in [0.25, 0.3) is 0 Å². The number of rotatable bonds is 0. The molecule has 2 N–H and O–H groups in total. The number of nitrogens with one attached hydrogen (secondary N) is 2. The van der Waals surface area contributed by atoms with E-state index in [9.17, 15) is 0 Å². The van der Waals surface area contributed by atoms with Gasteiger partial charge in [-0.15, -0.1) is 34.0 Å². The lowest BCUT2D eigenvalue weighted by Gasteiger charge is -2.22. The lowest BCUT2D eigenvalue weighted by atomic mass is 10.4. The van der Waals surface area contributed by atoms with Gasteiger partial charge in [-0.25, -0.2) is 0 Å². The van der Waals surface area contributed by atoms with Gasteiger partial charge in [0, 0.05) is 65.4 Å². The highest BCUT2D eigenvalue weighted by Crippen LogP contribution is 1.96. The van der Waals surface area contributed by atoms with Crippen LogP contribution in [0.2, 0.25) is 0 Å². The van der Waals surface area contributed by atoms with Crippen molar-refractivity contribution in [3.8, 4) is 0 Å². The molecule has 2 rings (SSSR count). The Balaban J connectivity index is 0.00000112. The minimum absolute atomic E-state index is 0. The third-order valence-corrected chi connectivity index (χ3v) is 3.15. The Morgan fingerprint density at radius 1 is 0.500 bits per heavy atom. The summed E-state index contributed by atoms with van der Waals surface area (Å²) < 4.78 is 0. The lowest BCUT2D eigenvalue weighted by Crippen LogP contribution is -2.38. The largest absolute Gasteiger partial charge is 0.314 e. The fraction of sp³-hybridized carbons (Fsp3) is 1.00. The van der Waals surface area contributed by atoms with Crippen molar-refractivity contribution in [1.82, 2.24) is 20.4 Å². The van der Waals surface area contributed by atoms with Crippen LogP contribution >= 0.6 is 34.0 Å². The molecule has 2 aliphatic rings. The van der Waals surface area contributed by atoms with Gasteiger partial charge < -0.3 is 10.6 Å². The van der Waals surface area contributed by atoms with Crippen LogP contribution in [0.15, 0.2) is 0 Å². The average molecular weight is 360 g/mol. The van der Waals surface area contributed by atoms with E-state index in [1.807, 2.05) is 0 Å². The standard InChI is InChI=1S/C10H22N4.2BrH/c1-5-13-7-3-12-4-8-14(10-9-13)6-2-11-1;;/h11-12H,1-10H2;2*1H. The van der Waals surface area contributed by atoms with Crippen molar-refractivity contribution in [2.75, 3.05) is 65.4 Å². The summed E-state index contributed by atoms with van der Waals surface area (Å²) in [7, 11) is 0. The molecule has 4 nitrogen and oxygen atoms in total. The predicted octanol–water partition coefficient (Wildman–Crippen LogP) is -0.0474. The maximum atomic E-state index is 3.50. The first-order valence-electron chi connectivity index (χ1n) is 5.81. The summed E-state index contributed by atoms with van der Waals surface area (Å²) in [5.74, 6) is 0. The number of hydrogen-bond donors (Lipinski definition) is 2. The number of hydrogen-bond acceptors (Lipinski definition) is 4. The Morgan fingerprint density at radius 2 is 0.812 bits per heavy atom. The molecule has 0 radical (unpaired) electrons. The lowest BCUT2D eigenvalue weighted by molar-refractivity contribution is 0.237. The van der Waals surface area contributed by atoms with E-state index in [0.29, 0.717) is 0 Å². The topological polar surface area (TPSA) is 30.5 Å². The predicted molar refractivity (Wildman–Crippen MR) is 79.3 cm³/mol. The van der Waals surface area contributed by atoms with Gasteiger partial charge in [-0.1, -0.05) is 0 Å². The van der Waals surface area contributed by atoms with Crippen LogP contribution in [0.5, 0.6) is 0 Å². The highest BCUT2D eigenvalue weighted by Gasteiger charge is 2.13. The first-order chi connectivity index (χ1) is 6.95. The molecule has 16 heavy (non-hydrogen) atoms. The highest BCUT2D eigenvalue weighted by molar-refractivity contribution is 8.93. The molecule has 6 heteroatoms. The molecular weight excluding hydrogens is 336 g/mol. The molecule has 0 atom stereocenters. The molecule has 0 aromatic heterocycles. The van der Waals surface area contributed by atoms with Crippen molar-refractivity contribution in [3.63, 3.8) is 0 Å². The van der Waals surface area contributed by atoms with Crippen LogP contribution in [0.4, 0.5) is 0 Å². The smallest absolute Gasteiger partial charge is 0.0110 e. The van der Waals surface area contributed by atoms with Gasteiger partial charge in [-0.3, -0.25) is 9.80 Å².